The van der Waals surface area contributed by atoms with Crippen LogP contribution in [0.5, 0.6) is 0 Å². The predicted molar refractivity (Wildman–Crippen MR) is 137 cm³/mol. The third kappa shape index (κ3) is 6.15. The van der Waals surface area contributed by atoms with Crippen LogP contribution >= 0.6 is 0 Å². The van der Waals surface area contributed by atoms with Gasteiger partial charge in [0.1, 0.15) is 12.2 Å². The van der Waals surface area contributed by atoms with Gasteiger partial charge in [-0.3, -0.25) is 9.59 Å². The molecule has 0 aromatic heterocycles. The van der Waals surface area contributed by atoms with Gasteiger partial charge >= 0.3 is 5.97 Å². The first-order valence-corrected chi connectivity index (χ1v) is 14.3. The number of carbonyl (C=O) groups excluding carboxylic acids is 2. The number of fused-ring (bicyclic) bond motifs is 3. The van der Waals surface area contributed by atoms with Crippen molar-refractivity contribution in [1.82, 2.24) is 0 Å². The molecule has 0 unspecified atom stereocenters. The number of carbonyl (C=O) groups is 2. The highest BCUT2D eigenvalue weighted by Gasteiger charge is 2.66. The van der Waals surface area contributed by atoms with E-state index in [9.17, 15) is 14.7 Å². The number of Topliss-reactive ketones (excluding diaryl/α,β-unsaturated/α-hetero) is 1. The number of rotatable bonds is 15. The van der Waals surface area contributed by atoms with Crippen LogP contribution in [0.15, 0.2) is 11.1 Å². The standard InChI is InChI=1S/C30H50O4/c1-5-6-7-8-9-10-11-12-13-14-15-16-17-26(31)34-21-23-24-18-19-29(24,4)25-20-28(2,3)22-30(25,33)27(23)32/h25,33H,5-22H2,1-4H3/t25-,29+,30+/m1/s1. The maximum Gasteiger partial charge on any atom is 0.306 e. The Hall–Kier alpha value is -1.16. The van der Waals surface area contributed by atoms with E-state index >= 15 is 0 Å². The fourth-order valence-electron chi connectivity index (χ4n) is 7.05. The molecule has 2 fully saturated rings. The lowest BCUT2D eigenvalue weighted by atomic mass is 9.50. The number of hydrogen-bond donors (Lipinski definition) is 1. The van der Waals surface area contributed by atoms with Crippen molar-refractivity contribution in [3.63, 3.8) is 0 Å². The van der Waals surface area contributed by atoms with Crippen LogP contribution < -0.4 is 0 Å². The molecule has 3 rings (SSSR count). The molecule has 2 saturated carbocycles. The van der Waals surface area contributed by atoms with E-state index in [1.807, 2.05) is 0 Å². The third-order valence-electron chi connectivity index (χ3n) is 9.08. The van der Waals surface area contributed by atoms with Gasteiger partial charge in [0.05, 0.1) is 0 Å². The van der Waals surface area contributed by atoms with Crippen molar-refractivity contribution in [2.24, 2.45) is 16.7 Å². The monoisotopic (exact) mass is 474 g/mol. The van der Waals surface area contributed by atoms with Crippen LogP contribution in [0.1, 0.15) is 137 Å². The van der Waals surface area contributed by atoms with Gasteiger partial charge in [0, 0.05) is 17.9 Å². The Labute approximate surface area is 208 Å². The molecule has 0 aromatic carbocycles. The van der Waals surface area contributed by atoms with Crippen LogP contribution in [0.2, 0.25) is 0 Å². The molecule has 0 amide bonds. The molecule has 0 aliphatic heterocycles. The molecule has 0 bridgehead atoms. The van der Waals surface area contributed by atoms with E-state index in [2.05, 4.69) is 27.7 Å². The van der Waals surface area contributed by atoms with Crippen molar-refractivity contribution in [3.05, 3.63) is 11.1 Å². The molecule has 34 heavy (non-hydrogen) atoms. The first kappa shape index (κ1) is 27.4. The Bertz CT molecular complexity index is 751. The summed E-state index contributed by atoms with van der Waals surface area (Å²) in [5.41, 5.74) is 0.281. The fourth-order valence-corrected chi connectivity index (χ4v) is 7.05. The third-order valence-corrected chi connectivity index (χ3v) is 9.08. The topological polar surface area (TPSA) is 63.6 Å². The molecule has 4 nitrogen and oxygen atoms in total. The molecule has 0 saturated heterocycles. The van der Waals surface area contributed by atoms with E-state index in [4.69, 9.17) is 4.74 Å². The summed E-state index contributed by atoms with van der Waals surface area (Å²) in [4.78, 5) is 25.7. The number of ether oxygens (including phenoxy) is 1. The van der Waals surface area contributed by atoms with Gasteiger partial charge in [-0.2, -0.15) is 0 Å². The maximum absolute atomic E-state index is 13.3. The summed E-state index contributed by atoms with van der Waals surface area (Å²) < 4.78 is 5.57. The smallest absolute Gasteiger partial charge is 0.306 e. The summed E-state index contributed by atoms with van der Waals surface area (Å²) in [5.74, 6) is -0.393. The van der Waals surface area contributed by atoms with Crippen molar-refractivity contribution < 1.29 is 19.4 Å². The Morgan fingerprint density at radius 2 is 1.50 bits per heavy atom. The zero-order valence-corrected chi connectivity index (χ0v) is 22.5. The van der Waals surface area contributed by atoms with Gasteiger partial charge in [-0.25, -0.2) is 0 Å². The van der Waals surface area contributed by atoms with E-state index in [1.165, 1.54) is 64.2 Å². The molecule has 0 aromatic rings. The van der Waals surface area contributed by atoms with Crippen molar-refractivity contribution in [1.29, 1.82) is 0 Å². The average molecular weight is 475 g/mol. The Kier molecular flexibility index (Phi) is 9.45. The van der Waals surface area contributed by atoms with Crippen LogP contribution in [-0.2, 0) is 14.3 Å². The lowest BCUT2D eigenvalue weighted by molar-refractivity contribution is -0.150. The largest absolute Gasteiger partial charge is 0.461 e. The number of esters is 1. The average Bonchev–Trinajstić information content (AvgIpc) is 3.04. The van der Waals surface area contributed by atoms with Crippen LogP contribution in [0.25, 0.3) is 0 Å². The Morgan fingerprint density at radius 3 is 2.03 bits per heavy atom. The van der Waals surface area contributed by atoms with E-state index in [1.54, 1.807) is 0 Å². The van der Waals surface area contributed by atoms with E-state index < -0.39 is 5.60 Å². The number of unbranched alkanes of at least 4 members (excludes halogenated alkanes) is 11. The minimum atomic E-state index is -1.29. The lowest BCUT2D eigenvalue weighted by Crippen LogP contribution is -2.57. The molecule has 0 radical (unpaired) electrons. The van der Waals surface area contributed by atoms with Crippen molar-refractivity contribution in [2.75, 3.05) is 6.61 Å². The molecule has 3 aliphatic rings. The highest BCUT2D eigenvalue weighted by atomic mass is 16.5. The highest BCUT2D eigenvalue weighted by molar-refractivity contribution is 6.05. The summed E-state index contributed by atoms with van der Waals surface area (Å²) in [7, 11) is 0. The molecular formula is C30H50O4. The fraction of sp³-hybridized carbons (Fsp3) is 0.867. The first-order valence-electron chi connectivity index (χ1n) is 14.3. The summed E-state index contributed by atoms with van der Waals surface area (Å²) >= 11 is 0. The molecule has 0 heterocycles. The van der Waals surface area contributed by atoms with Gasteiger partial charge in [-0.15, -0.1) is 0 Å². The molecule has 3 atom stereocenters. The number of aliphatic hydroxyl groups is 1. The van der Waals surface area contributed by atoms with Gasteiger partial charge in [-0.1, -0.05) is 104 Å². The van der Waals surface area contributed by atoms with Crippen LogP contribution in [0, 0.1) is 16.7 Å². The summed E-state index contributed by atoms with van der Waals surface area (Å²) in [6.07, 6.45) is 18.9. The zero-order valence-electron chi connectivity index (χ0n) is 22.5. The predicted octanol–water partition coefficient (Wildman–Crippen LogP) is 7.47. The highest BCUT2D eigenvalue weighted by Crippen LogP contribution is 2.66. The van der Waals surface area contributed by atoms with E-state index in [-0.39, 0.29) is 35.1 Å². The minimum absolute atomic E-state index is 0.00763. The summed E-state index contributed by atoms with van der Waals surface area (Å²) in [6.45, 7) is 8.79. The normalized spacial score (nSPS) is 29.6. The van der Waals surface area contributed by atoms with E-state index in [0.29, 0.717) is 18.4 Å². The van der Waals surface area contributed by atoms with Gasteiger partial charge in [0.25, 0.3) is 0 Å². The lowest BCUT2D eigenvalue weighted by Gasteiger charge is -2.55. The first-order chi connectivity index (χ1) is 16.1. The second-order valence-electron chi connectivity index (χ2n) is 12.5. The number of allylic oxidation sites excluding steroid dienone is 1. The minimum Gasteiger partial charge on any atom is -0.461 e. The van der Waals surface area contributed by atoms with Gasteiger partial charge in [0.2, 0.25) is 0 Å². The SMILES string of the molecule is CCCCCCCCCCCCCCC(=O)OCC1=C2CC[C@]2(C)[C@H]2CC(C)(C)C[C@@]2(O)C1=O. The van der Waals surface area contributed by atoms with Crippen LogP contribution in [0.3, 0.4) is 0 Å². The Morgan fingerprint density at radius 1 is 0.941 bits per heavy atom. The Balaban J connectivity index is 1.33. The molecule has 0 spiro atoms. The number of hydrogen-bond acceptors (Lipinski definition) is 4. The molecule has 4 heteroatoms. The van der Waals surface area contributed by atoms with Crippen molar-refractivity contribution in [3.8, 4) is 0 Å². The maximum atomic E-state index is 13.3. The molecule has 3 aliphatic carbocycles. The van der Waals surface area contributed by atoms with Gasteiger partial charge < -0.3 is 9.84 Å². The number of ketones is 1. The van der Waals surface area contributed by atoms with Gasteiger partial charge in [0.15, 0.2) is 5.78 Å². The van der Waals surface area contributed by atoms with Crippen LogP contribution in [0.4, 0.5) is 0 Å². The second-order valence-corrected chi connectivity index (χ2v) is 12.5. The molecular weight excluding hydrogens is 424 g/mol. The summed E-state index contributed by atoms with van der Waals surface area (Å²) in [5, 5.41) is 11.4. The van der Waals surface area contributed by atoms with E-state index in [0.717, 1.165) is 37.7 Å². The zero-order chi connectivity index (χ0) is 24.8. The van der Waals surface area contributed by atoms with Crippen molar-refractivity contribution in [2.45, 2.75) is 142 Å². The summed E-state index contributed by atoms with van der Waals surface area (Å²) in [6, 6.07) is 0. The van der Waals surface area contributed by atoms with Crippen LogP contribution in [-0.4, -0.2) is 29.1 Å². The van der Waals surface area contributed by atoms with Crippen molar-refractivity contribution >= 4 is 11.8 Å². The van der Waals surface area contributed by atoms with Gasteiger partial charge in [-0.05, 0) is 42.9 Å². The second kappa shape index (κ2) is 11.7. The molecule has 1 N–H and O–H groups in total. The quantitative estimate of drug-likeness (QED) is 0.197. The molecule has 194 valence electrons.